The van der Waals surface area contributed by atoms with Crippen molar-refractivity contribution in [1.82, 2.24) is 4.98 Å². The van der Waals surface area contributed by atoms with Crippen molar-refractivity contribution in [3.05, 3.63) is 53.7 Å². The molecule has 22 heavy (non-hydrogen) atoms. The molecule has 1 heterocycles. The zero-order valence-electron chi connectivity index (χ0n) is 11.6. The van der Waals surface area contributed by atoms with Crippen molar-refractivity contribution in [2.24, 2.45) is 0 Å². The van der Waals surface area contributed by atoms with E-state index in [0.717, 1.165) is 18.3 Å². The minimum Gasteiger partial charge on any atom is -0.469 e. The molecule has 0 fully saturated rings. The fourth-order valence-corrected chi connectivity index (χ4v) is 1.73. The predicted octanol–water partition coefficient (Wildman–Crippen LogP) is 3.61. The first-order chi connectivity index (χ1) is 10.4. The fraction of sp³-hybridized carbons (Fsp3) is 0.200. The summed E-state index contributed by atoms with van der Waals surface area (Å²) in [6.07, 6.45) is -3.51. The molecule has 0 spiro atoms. The third-order valence-corrected chi connectivity index (χ3v) is 2.81. The van der Waals surface area contributed by atoms with Crippen LogP contribution < -0.4 is 4.74 Å². The maximum atomic E-state index is 12.7. The van der Waals surface area contributed by atoms with Crippen LogP contribution in [0.25, 0.3) is 0 Å². The molecule has 0 saturated carbocycles. The van der Waals surface area contributed by atoms with E-state index in [1.807, 2.05) is 0 Å². The topological polar surface area (TPSA) is 48.4 Å². The molecular formula is C15H12F3NO3. The first kappa shape index (κ1) is 15.8. The van der Waals surface area contributed by atoms with Gasteiger partial charge in [0.2, 0.25) is 5.88 Å². The Hall–Kier alpha value is -2.57. The van der Waals surface area contributed by atoms with Crippen molar-refractivity contribution in [3.63, 3.8) is 0 Å². The number of rotatable bonds is 4. The molecule has 2 aromatic rings. The Labute approximate surface area is 124 Å². The number of methoxy groups -OCH3 is 1. The van der Waals surface area contributed by atoms with Gasteiger partial charge in [-0.05, 0) is 12.1 Å². The maximum Gasteiger partial charge on any atom is 0.416 e. The van der Waals surface area contributed by atoms with E-state index in [1.54, 1.807) is 24.3 Å². The van der Waals surface area contributed by atoms with Crippen molar-refractivity contribution in [2.45, 2.75) is 12.6 Å². The van der Waals surface area contributed by atoms with Crippen LogP contribution in [0.5, 0.6) is 11.6 Å². The molecule has 0 aliphatic rings. The normalized spacial score (nSPS) is 11.1. The standard InChI is InChI=1S/C15H12F3NO3/c1-21-14(20)8-10-4-2-3-5-12(10)22-13-9-11(6-7-19-13)15(16,17)18/h2-7,9H,8H2,1H3. The summed E-state index contributed by atoms with van der Waals surface area (Å²) in [6, 6.07) is 8.15. The first-order valence-electron chi connectivity index (χ1n) is 6.26. The number of carbonyl (C=O) groups excluding carboxylic acids is 1. The predicted molar refractivity (Wildman–Crippen MR) is 71.5 cm³/mol. The Morgan fingerprint density at radius 1 is 1.23 bits per heavy atom. The quantitative estimate of drug-likeness (QED) is 0.809. The molecule has 0 amide bonds. The molecule has 0 aliphatic heterocycles. The summed E-state index contributed by atoms with van der Waals surface area (Å²) < 4.78 is 47.9. The van der Waals surface area contributed by atoms with Gasteiger partial charge in [0.05, 0.1) is 19.1 Å². The van der Waals surface area contributed by atoms with E-state index < -0.39 is 17.7 Å². The number of ether oxygens (including phenoxy) is 2. The van der Waals surface area contributed by atoms with E-state index >= 15 is 0 Å². The number of benzene rings is 1. The highest BCUT2D eigenvalue weighted by atomic mass is 19.4. The van der Waals surface area contributed by atoms with Crippen LogP contribution in [0.3, 0.4) is 0 Å². The van der Waals surface area contributed by atoms with Crippen LogP contribution in [0.2, 0.25) is 0 Å². The number of nitrogens with zero attached hydrogens (tertiary/aromatic N) is 1. The summed E-state index contributed by atoms with van der Waals surface area (Å²) in [5, 5.41) is 0. The summed E-state index contributed by atoms with van der Waals surface area (Å²) >= 11 is 0. The van der Waals surface area contributed by atoms with Crippen molar-refractivity contribution in [2.75, 3.05) is 7.11 Å². The van der Waals surface area contributed by atoms with Crippen molar-refractivity contribution < 1.29 is 27.4 Å². The molecule has 0 N–H and O–H groups in total. The first-order valence-corrected chi connectivity index (χ1v) is 6.26. The van der Waals surface area contributed by atoms with Gasteiger partial charge in [-0.2, -0.15) is 13.2 Å². The number of esters is 1. The van der Waals surface area contributed by atoms with Crippen LogP contribution in [0.4, 0.5) is 13.2 Å². The van der Waals surface area contributed by atoms with E-state index in [4.69, 9.17) is 4.74 Å². The summed E-state index contributed by atoms with van der Waals surface area (Å²) in [4.78, 5) is 15.1. The highest BCUT2D eigenvalue weighted by Crippen LogP contribution is 2.32. The SMILES string of the molecule is COC(=O)Cc1ccccc1Oc1cc(C(F)(F)F)ccn1. The Morgan fingerprint density at radius 3 is 2.64 bits per heavy atom. The summed E-state index contributed by atoms with van der Waals surface area (Å²) in [5.41, 5.74) is -0.364. The van der Waals surface area contributed by atoms with Crippen molar-refractivity contribution in [3.8, 4) is 11.6 Å². The number of halogens is 3. The lowest BCUT2D eigenvalue weighted by molar-refractivity contribution is -0.140. The zero-order chi connectivity index (χ0) is 16.2. The monoisotopic (exact) mass is 311 g/mol. The number of hydrogen-bond donors (Lipinski definition) is 0. The number of aromatic nitrogens is 1. The van der Waals surface area contributed by atoms with Gasteiger partial charge in [-0.1, -0.05) is 18.2 Å². The van der Waals surface area contributed by atoms with E-state index in [2.05, 4.69) is 9.72 Å². The lowest BCUT2D eigenvalue weighted by Crippen LogP contribution is -2.07. The molecule has 0 bridgehead atoms. The molecule has 1 aromatic heterocycles. The van der Waals surface area contributed by atoms with Crippen LogP contribution in [0.15, 0.2) is 42.6 Å². The Balaban J connectivity index is 2.26. The molecule has 7 heteroatoms. The molecule has 116 valence electrons. The van der Waals surface area contributed by atoms with Crippen LogP contribution >= 0.6 is 0 Å². The zero-order valence-corrected chi connectivity index (χ0v) is 11.6. The van der Waals surface area contributed by atoms with E-state index in [-0.39, 0.29) is 18.1 Å². The van der Waals surface area contributed by atoms with Gasteiger partial charge >= 0.3 is 12.1 Å². The Morgan fingerprint density at radius 2 is 1.95 bits per heavy atom. The second-order valence-electron chi connectivity index (χ2n) is 4.34. The molecule has 0 saturated heterocycles. The Bertz CT molecular complexity index is 671. The number of hydrogen-bond acceptors (Lipinski definition) is 4. The van der Waals surface area contributed by atoms with Crippen LogP contribution in [-0.4, -0.2) is 18.1 Å². The number of carbonyl (C=O) groups is 1. The highest BCUT2D eigenvalue weighted by molar-refractivity contribution is 5.73. The van der Waals surface area contributed by atoms with Crippen LogP contribution in [0, 0.1) is 0 Å². The van der Waals surface area contributed by atoms with Gasteiger partial charge in [0.1, 0.15) is 5.75 Å². The van der Waals surface area contributed by atoms with E-state index in [9.17, 15) is 18.0 Å². The van der Waals surface area contributed by atoms with Gasteiger partial charge in [0, 0.05) is 17.8 Å². The molecule has 1 aromatic carbocycles. The van der Waals surface area contributed by atoms with Crippen molar-refractivity contribution >= 4 is 5.97 Å². The summed E-state index contributed by atoms with van der Waals surface area (Å²) in [6.45, 7) is 0. The molecule has 0 atom stereocenters. The average Bonchev–Trinajstić information content (AvgIpc) is 2.48. The highest BCUT2D eigenvalue weighted by Gasteiger charge is 2.31. The fourth-order valence-electron chi connectivity index (χ4n) is 1.73. The molecular weight excluding hydrogens is 299 g/mol. The summed E-state index contributed by atoms with van der Waals surface area (Å²) in [5.74, 6) is -0.431. The second kappa shape index (κ2) is 6.46. The lowest BCUT2D eigenvalue weighted by Gasteiger charge is -2.11. The molecule has 0 radical (unpaired) electrons. The minimum atomic E-state index is -4.48. The van der Waals surface area contributed by atoms with Gasteiger partial charge in [0.25, 0.3) is 0 Å². The number of alkyl halides is 3. The molecule has 4 nitrogen and oxygen atoms in total. The molecule has 2 rings (SSSR count). The average molecular weight is 311 g/mol. The minimum absolute atomic E-state index is 0.0500. The number of para-hydroxylation sites is 1. The van der Waals surface area contributed by atoms with Crippen molar-refractivity contribution in [1.29, 1.82) is 0 Å². The molecule has 0 unspecified atom stereocenters. The van der Waals surface area contributed by atoms with Gasteiger partial charge in [0.15, 0.2) is 0 Å². The van der Waals surface area contributed by atoms with Gasteiger partial charge in [-0.3, -0.25) is 4.79 Å². The molecule has 0 aliphatic carbocycles. The third-order valence-electron chi connectivity index (χ3n) is 2.81. The third kappa shape index (κ3) is 3.97. The van der Waals surface area contributed by atoms with E-state index in [0.29, 0.717) is 5.56 Å². The van der Waals surface area contributed by atoms with Crippen LogP contribution in [0.1, 0.15) is 11.1 Å². The maximum absolute atomic E-state index is 12.7. The van der Waals surface area contributed by atoms with Gasteiger partial charge in [-0.15, -0.1) is 0 Å². The van der Waals surface area contributed by atoms with Gasteiger partial charge in [-0.25, -0.2) is 4.98 Å². The van der Waals surface area contributed by atoms with Crippen LogP contribution in [-0.2, 0) is 22.1 Å². The Kier molecular flexibility index (Phi) is 4.65. The van der Waals surface area contributed by atoms with Gasteiger partial charge < -0.3 is 9.47 Å². The number of pyridine rings is 1. The lowest BCUT2D eigenvalue weighted by atomic mass is 10.1. The second-order valence-corrected chi connectivity index (χ2v) is 4.34. The summed E-state index contributed by atoms with van der Waals surface area (Å²) in [7, 11) is 1.25. The largest absolute Gasteiger partial charge is 0.469 e. The van der Waals surface area contributed by atoms with E-state index in [1.165, 1.54) is 7.11 Å². The smallest absolute Gasteiger partial charge is 0.416 e.